The summed E-state index contributed by atoms with van der Waals surface area (Å²) in [5, 5.41) is 0. The molecule has 3 heteroatoms. The average molecular weight is 236 g/mol. The van der Waals surface area contributed by atoms with Gasteiger partial charge < -0.3 is 9.64 Å². The molecular weight excluding hydrogens is 212 g/mol. The lowest BCUT2D eigenvalue weighted by Crippen LogP contribution is -2.48. The van der Waals surface area contributed by atoms with Gasteiger partial charge in [0.2, 0.25) is 5.88 Å². The maximum Gasteiger partial charge on any atom is 0.235 e. The van der Waals surface area contributed by atoms with Crippen molar-refractivity contribution in [1.29, 1.82) is 0 Å². The van der Waals surface area contributed by atoms with Crippen LogP contribution in [0.2, 0.25) is 0 Å². The molecule has 0 aromatic carbocycles. The minimum atomic E-state index is 0.419. The number of piperazine rings is 1. The van der Waals surface area contributed by atoms with Gasteiger partial charge in [-0.2, -0.15) is 0 Å². The zero-order valence-corrected chi connectivity index (χ0v) is 11.1. The van der Waals surface area contributed by atoms with E-state index in [1.807, 2.05) is 0 Å². The van der Waals surface area contributed by atoms with Gasteiger partial charge in [0, 0.05) is 32.2 Å². The lowest BCUT2D eigenvalue weighted by atomic mass is 9.96. The summed E-state index contributed by atoms with van der Waals surface area (Å²) in [7, 11) is 0. The van der Waals surface area contributed by atoms with Gasteiger partial charge in [-0.3, -0.25) is 4.90 Å². The van der Waals surface area contributed by atoms with Crippen molar-refractivity contribution < 1.29 is 4.74 Å². The Hall–Kier alpha value is -0.920. The van der Waals surface area contributed by atoms with Gasteiger partial charge in [0.1, 0.15) is 6.10 Å². The van der Waals surface area contributed by atoms with Crippen LogP contribution in [0.5, 0.6) is 0 Å². The van der Waals surface area contributed by atoms with Crippen LogP contribution in [-0.4, -0.2) is 48.1 Å². The van der Waals surface area contributed by atoms with Crippen LogP contribution in [-0.2, 0) is 4.74 Å². The molecule has 0 aromatic rings. The van der Waals surface area contributed by atoms with Crippen molar-refractivity contribution in [2.75, 3.05) is 26.2 Å². The standard InChI is InChI=1S/C14H24N2O/c1-4-14(17-13-6-5-7-13)16-10-8-15(9-11-16)12(2)3/h12-13H,1,5-11H2,2-3H3. The maximum atomic E-state index is 5.92. The molecule has 0 amide bonds. The number of nitrogens with zero attached hydrogens (tertiary/aromatic N) is 2. The highest BCUT2D eigenvalue weighted by molar-refractivity contribution is 4.94. The average Bonchev–Trinajstić information content (AvgIpc) is 2.28. The molecule has 0 spiro atoms. The van der Waals surface area contributed by atoms with Crippen LogP contribution in [0.25, 0.3) is 0 Å². The normalized spacial score (nSPS) is 22.2. The Bertz CT molecular complexity index is 295. The molecule has 0 unspecified atom stereocenters. The highest BCUT2D eigenvalue weighted by Gasteiger charge is 2.25. The molecule has 0 bridgehead atoms. The summed E-state index contributed by atoms with van der Waals surface area (Å²) in [5.74, 6) is 0.873. The first-order valence-electron chi connectivity index (χ1n) is 6.76. The van der Waals surface area contributed by atoms with Crippen LogP contribution in [0.3, 0.4) is 0 Å². The fraction of sp³-hybridized carbons (Fsp3) is 0.786. The molecule has 0 atom stereocenters. The van der Waals surface area contributed by atoms with Crippen molar-refractivity contribution in [3.63, 3.8) is 0 Å². The summed E-state index contributed by atoms with van der Waals surface area (Å²) in [6.07, 6.45) is 4.10. The van der Waals surface area contributed by atoms with Crippen LogP contribution in [0.4, 0.5) is 0 Å². The van der Waals surface area contributed by atoms with E-state index in [0.29, 0.717) is 12.1 Å². The van der Waals surface area contributed by atoms with Gasteiger partial charge in [0.05, 0.1) is 0 Å². The van der Waals surface area contributed by atoms with E-state index in [-0.39, 0.29) is 0 Å². The second-order valence-corrected chi connectivity index (χ2v) is 5.27. The summed E-state index contributed by atoms with van der Waals surface area (Å²) in [6.45, 7) is 12.5. The Morgan fingerprint density at radius 1 is 1.24 bits per heavy atom. The fourth-order valence-electron chi connectivity index (χ4n) is 2.32. The SMILES string of the molecule is C=C=C(OC1CCC1)N1CCN(C(C)C)CC1. The molecule has 0 N–H and O–H groups in total. The quantitative estimate of drug-likeness (QED) is 0.550. The predicted octanol–water partition coefficient (Wildman–Crippen LogP) is 2.21. The van der Waals surface area contributed by atoms with Crippen molar-refractivity contribution in [1.82, 2.24) is 9.80 Å². The minimum Gasteiger partial charge on any atom is -0.470 e. The third-order valence-electron chi connectivity index (χ3n) is 3.81. The summed E-state index contributed by atoms with van der Waals surface area (Å²) in [5.41, 5.74) is 2.97. The monoisotopic (exact) mass is 236 g/mol. The Morgan fingerprint density at radius 2 is 1.88 bits per heavy atom. The third-order valence-corrected chi connectivity index (χ3v) is 3.81. The zero-order chi connectivity index (χ0) is 12.3. The molecule has 1 aliphatic heterocycles. The first-order valence-corrected chi connectivity index (χ1v) is 6.76. The Kier molecular flexibility index (Phi) is 4.14. The molecule has 1 heterocycles. The van der Waals surface area contributed by atoms with E-state index >= 15 is 0 Å². The van der Waals surface area contributed by atoms with Crippen molar-refractivity contribution in [3.05, 3.63) is 18.2 Å². The fourth-order valence-corrected chi connectivity index (χ4v) is 2.32. The lowest BCUT2D eigenvalue weighted by Gasteiger charge is -2.39. The topological polar surface area (TPSA) is 15.7 Å². The van der Waals surface area contributed by atoms with Gasteiger partial charge in [0.15, 0.2) is 0 Å². The van der Waals surface area contributed by atoms with Crippen molar-refractivity contribution in [2.45, 2.75) is 45.3 Å². The smallest absolute Gasteiger partial charge is 0.235 e. The molecule has 1 aliphatic carbocycles. The Balaban J connectivity index is 1.83. The number of hydrogen-bond donors (Lipinski definition) is 0. The number of hydrogen-bond acceptors (Lipinski definition) is 3. The Morgan fingerprint density at radius 3 is 2.29 bits per heavy atom. The van der Waals surface area contributed by atoms with Crippen LogP contribution in [0.1, 0.15) is 33.1 Å². The van der Waals surface area contributed by atoms with Crippen LogP contribution < -0.4 is 0 Å². The molecule has 2 fully saturated rings. The molecule has 3 nitrogen and oxygen atoms in total. The van der Waals surface area contributed by atoms with E-state index in [9.17, 15) is 0 Å². The highest BCUT2D eigenvalue weighted by Crippen LogP contribution is 2.25. The molecule has 1 saturated heterocycles. The first-order chi connectivity index (χ1) is 8.20. The van der Waals surface area contributed by atoms with E-state index < -0.39 is 0 Å². The van der Waals surface area contributed by atoms with Crippen molar-refractivity contribution in [2.24, 2.45) is 0 Å². The van der Waals surface area contributed by atoms with Crippen LogP contribution in [0.15, 0.2) is 18.2 Å². The summed E-state index contributed by atoms with van der Waals surface area (Å²) in [6, 6.07) is 0.640. The minimum absolute atomic E-state index is 0.419. The summed E-state index contributed by atoms with van der Waals surface area (Å²) >= 11 is 0. The second kappa shape index (κ2) is 5.61. The Labute approximate surface area is 105 Å². The highest BCUT2D eigenvalue weighted by atomic mass is 16.5. The maximum absolute atomic E-state index is 5.92. The number of rotatable bonds is 4. The molecule has 17 heavy (non-hydrogen) atoms. The molecule has 2 rings (SSSR count). The number of ether oxygens (including phenoxy) is 1. The molecule has 0 aromatic heterocycles. The van der Waals surface area contributed by atoms with E-state index in [0.717, 1.165) is 32.1 Å². The lowest BCUT2D eigenvalue weighted by molar-refractivity contribution is -0.00835. The van der Waals surface area contributed by atoms with Crippen molar-refractivity contribution >= 4 is 0 Å². The predicted molar refractivity (Wildman–Crippen MR) is 69.7 cm³/mol. The summed E-state index contributed by atoms with van der Waals surface area (Å²) in [4.78, 5) is 4.78. The third kappa shape index (κ3) is 3.05. The van der Waals surface area contributed by atoms with Crippen molar-refractivity contribution in [3.8, 4) is 0 Å². The molecule has 1 saturated carbocycles. The molecular formula is C14H24N2O. The molecule has 96 valence electrons. The van der Waals surface area contributed by atoms with Gasteiger partial charge in [0.25, 0.3) is 0 Å². The second-order valence-electron chi connectivity index (χ2n) is 5.27. The van der Waals surface area contributed by atoms with E-state index in [1.54, 1.807) is 0 Å². The van der Waals surface area contributed by atoms with Gasteiger partial charge in [-0.05, 0) is 33.1 Å². The first kappa shape index (κ1) is 12.5. The summed E-state index contributed by atoms with van der Waals surface area (Å²) < 4.78 is 5.92. The van der Waals surface area contributed by atoms with Gasteiger partial charge in [-0.25, -0.2) is 0 Å². The van der Waals surface area contributed by atoms with Gasteiger partial charge in [-0.15, -0.1) is 0 Å². The molecule has 0 radical (unpaired) electrons. The largest absolute Gasteiger partial charge is 0.470 e. The van der Waals surface area contributed by atoms with E-state index in [4.69, 9.17) is 4.74 Å². The van der Waals surface area contributed by atoms with Crippen LogP contribution >= 0.6 is 0 Å². The van der Waals surface area contributed by atoms with E-state index in [2.05, 4.69) is 36.0 Å². The van der Waals surface area contributed by atoms with E-state index in [1.165, 1.54) is 19.3 Å². The zero-order valence-electron chi connectivity index (χ0n) is 11.1. The molecule has 2 aliphatic rings. The van der Waals surface area contributed by atoms with Gasteiger partial charge >= 0.3 is 0 Å². The van der Waals surface area contributed by atoms with Crippen LogP contribution in [0, 0.1) is 0 Å². The van der Waals surface area contributed by atoms with Gasteiger partial charge in [-0.1, -0.05) is 12.3 Å².